The Morgan fingerprint density at radius 2 is 1.90 bits per heavy atom. The van der Waals surface area contributed by atoms with Crippen LogP contribution in [0.4, 0.5) is 5.69 Å². The fraction of sp³-hybridized carbons (Fsp3) is 0.250. The molecule has 0 saturated carbocycles. The second-order valence-electron chi connectivity index (χ2n) is 10.1. The molecule has 1 atom stereocenters. The maximum Gasteiger partial charge on any atom is 0.0771 e. The molecule has 1 unspecified atom stereocenters. The summed E-state index contributed by atoms with van der Waals surface area (Å²) in [5.74, 6) is 2.53. The van der Waals surface area contributed by atoms with Gasteiger partial charge in [-0.2, -0.15) is 0 Å². The smallest absolute Gasteiger partial charge is 0.0771 e. The zero-order valence-corrected chi connectivity index (χ0v) is 25.5. The van der Waals surface area contributed by atoms with Crippen molar-refractivity contribution >= 4 is 29.2 Å². The average molecular weight is 565 g/mol. The molecule has 0 fully saturated rings. The van der Waals surface area contributed by atoms with Gasteiger partial charge in [-0.05, 0) is 74.4 Å². The summed E-state index contributed by atoms with van der Waals surface area (Å²) in [5.41, 5.74) is 11.0. The van der Waals surface area contributed by atoms with Crippen LogP contribution in [0.1, 0.15) is 44.2 Å². The summed E-state index contributed by atoms with van der Waals surface area (Å²) in [4.78, 5) is 4.65. The minimum Gasteiger partial charge on any atom is -0.392 e. The fourth-order valence-electron chi connectivity index (χ4n) is 4.90. The molecule has 2 aromatic rings. The van der Waals surface area contributed by atoms with Crippen molar-refractivity contribution in [2.75, 3.05) is 18.9 Å². The van der Waals surface area contributed by atoms with Gasteiger partial charge in [0.15, 0.2) is 0 Å². The molecule has 0 radical (unpaired) electrons. The van der Waals surface area contributed by atoms with Crippen LogP contribution < -0.4 is 16.0 Å². The van der Waals surface area contributed by atoms with Crippen molar-refractivity contribution < 1.29 is 0 Å². The van der Waals surface area contributed by atoms with Crippen molar-refractivity contribution in [2.24, 2.45) is 4.99 Å². The first-order valence-corrected chi connectivity index (χ1v) is 14.2. The van der Waals surface area contributed by atoms with E-state index in [1.54, 1.807) is 6.08 Å². The Labute approximate surface area is 251 Å². The normalized spacial score (nSPS) is 15.7. The first-order chi connectivity index (χ1) is 19.7. The van der Waals surface area contributed by atoms with Crippen LogP contribution >= 0.6 is 11.6 Å². The van der Waals surface area contributed by atoms with Crippen LogP contribution in [0, 0.1) is 19.3 Å². The molecule has 41 heavy (non-hydrogen) atoms. The maximum absolute atomic E-state index is 7.13. The van der Waals surface area contributed by atoms with Gasteiger partial charge in [-0.3, -0.25) is 0 Å². The van der Waals surface area contributed by atoms with Crippen molar-refractivity contribution in [3.05, 3.63) is 119 Å². The van der Waals surface area contributed by atoms with Gasteiger partial charge < -0.3 is 16.0 Å². The summed E-state index contributed by atoms with van der Waals surface area (Å²) in [6.07, 6.45) is 15.7. The van der Waals surface area contributed by atoms with Crippen LogP contribution in [-0.2, 0) is 0 Å². The Kier molecular flexibility index (Phi) is 11.6. The minimum absolute atomic E-state index is 0.322. The molecule has 1 aliphatic carbocycles. The lowest BCUT2D eigenvalue weighted by molar-refractivity contribution is 0.560. The second kappa shape index (κ2) is 15.1. The van der Waals surface area contributed by atoms with E-state index in [0.29, 0.717) is 11.1 Å². The highest BCUT2D eigenvalue weighted by molar-refractivity contribution is 6.35. The van der Waals surface area contributed by atoms with E-state index in [9.17, 15) is 0 Å². The van der Waals surface area contributed by atoms with Gasteiger partial charge in [0.1, 0.15) is 0 Å². The number of halogens is 1. The molecule has 1 aliphatic rings. The number of terminal acetylenes is 1. The van der Waals surface area contributed by atoms with Crippen LogP contribution in [0.25, 0.3) is 16.8 Å². The third kappa shape index (κ3) is 8.01. The van der Waals surface area contributed by atoms with Crippen molar-refractivity contribution in [1.29, 1.82) is 0 Å². The third-order valence-electron chi connectivity index (χ3n) is 7.52. The number of aliphatic imine (C=N–C) groups is 1. The quantitative estimate of drug-likeness (QED) is 0.130. The van der Waals surface area contributed by atoms with E-state index in [0.717, 1.165) is 76.4 Å². The zero-order valence-electron chi connectivity index (χ0n) is 24.7. The molecule has 0 amide bonds. The molecular formula is C36H41ClN4. The van der Waals surface area contributed by atoms with E-state index in [4.69, 9.17) is 18.0 Å². The molecule has 0 spiro atoms. The molecule has 3 rings (SSSR count). The number of anilines is 1. The zero-order chi connectivity index (χ0) is 29.9. The summed E-state index contributed by atoms with van der Waals surface area (Å²) in [6.45, 7) is 19.1. The summed E-state index contributed by atoms with van der Waals surface area (Å²) in [7, 11) is 1.90. The lowest BCUT2D eigenvalue weighted by atomic mass is 9.96. The highest BCUT2D eigenvalue weighted by Crippen LogP contribution is 2.39. The van der Waals surface area contributed by atoms with Gasteiger partial charge in [0.2, 0.25) is 0 Å². The minimum atomic E-state index is 0.322. The van der Waals surface area contributed by atoms with E-state index in [1.165, 1.54) is 17.4 Å². The number of hydrogen-bond acceptors (Lipinski definition) is 4. The van der Waals surface area contributed by atoms with Gasteiger partial charge in [0.25, 0.3) is 0 Å². The van der Waals surface area contributed by atoms with Crippen molar-refractivity contribution in [3.63, 3.8) is 0 Å². The van der Waals surface area contributed by atoms with Crippen molar-refractivity contribution in [3.8, 4) is 23.5 Å². The van der Waals surface area contributed by atoms with Crippen LogP contribution in [0.5, 0.6) is 0 Å². The van der Waals surface area contributed by atoms with E-state index in [1.807, 2.05) is 50.4 Å². The molecule has 0 aromatic heterocycles. The van der Waals surface area contributed by atoms with Crippen LogP contribution in [0.3, 0.4) is 0 Å². The van der Waals surface area contributed by atoms with Gasteiger partial charge in [0, 0.05) is 47.8 Å². The van der Waals surface area contributed by atoms with Crippen LogP contribution in [0.2, 0.25) is 5.02 Å². The summed E-state index contributed by atoms with van der Waals surface area (Å²) in [6, 6.07) is 12.5. The molecule has 0 aliphatic heterocycles. The van der Waals surface area contributed by atoms with Crippen LogP contribution in [-0.4, -0.2) is 25.8 Å². The molecule has 3 N–H and O–H groups in total. The summed E-state index contributed by atoms with van der Waals surface area (Å²) < 4.78 is 0. The lowest BCUT2D eigenvalue weighted by Crippen LogP contribution is -2.29. The molecule has 2 aromatic carbocycles. The molecule has 212 valence electrons. The summed E-state index contributed by atoms with van der Waals surface area (Å²) in [5, 5.41) is 10.8. The van der Waals surface area contributed by atoms with Gasteiger partial charge >= 0.3 is 0 Å². The Bertz CT molecular complexity index is 1480. The lowest BCUT2D eigenvalue weighted by Gasteiger charge is -2.17. The average Bonchev–Trinajstić information content (AvgIpc) is 3.31. The predicted octanol–water partition coefficient (Wildman–Crippen LogP) is 8.61. The Balaban J connectivity index is 1.98. The number of benzene rings is 2. The van der Waals surface area contributed by atoms with Gasteiger partial charge in [-0.1, -0.05) is 85.3 Å². The number of allylic oxidation sites excluding steroid dienone is 5. The number of nitrogens with zero attached hydrogens (tertiary/aromatic N) is 1. The monoisotopic (exact) mass is 564 g/mol. The first kappa shape index (κ1) is 31.5. The topological polar surface area (TPSA) is 48.5 Å². The number of nitrogens with one attached hydrogen (secondary N) is 3. The molecule has 4 nitrogen and oxygen atoms in total. The molecular weight excluding hydrogens is 524 g/mol. The molecule has 5 heteroatoms. The molecule has 0 heterocycles. The number of rotatable bonds is 13. The van der Waals surface area contributed by atoms with Gasteiger partial charge in [-0.15, -0.1) is 6.42 Å². The van der Waals surface area contributed by atoms with Crippen molar-refractivity contribution in [1.82, 2.24) is 10.6 Å². The van der Waals surface area contributed by atoms with Gasteiger partial charge in [-0.25, -0.2) is 4.99 Å². The Morgan fingerprint density at radius 1 is 1.17 bits per heavy atom. The van der Waals surface area contributed by atoms with Gasteiger partial charge in [0.05, 0.1) is 16.9 Å². The highest BCUT2D eigenvalue weighted by atomic mass is 35.5. The fourth-order valence-corrected chi connectivity index (χ4v) is 5.22. The Morgan fingerprint density at radius 3 is 2.61 bits per heavy atom. The molecule has 0 saturated heterocycles. The van der Waals surface area contributed by atoms with Crippen molar-refractivity contribution in [2.45, 2.75) is 46.1 Å². The van der Waals surface area contributed by atoms with E-state index < -0.39 is 0 Å². The highest BCUT2D eigenvalue weighted by Gasteiger charge is 2.22. The molecule has 0 bridgehead atoms. The maximum atomic E-state index is 7.13. The largest absolute Gasteiger partial charge is 0.392 e. The van der Waals surface area contributed by atoms with E-state index in [-0.39, 0.29) is 0 Å². The number of hydrogen-bond donors (Lipinski definition) is 3. The Hall–Kier alpha value is -4.04. The summed E-state index contributed by atoms with van der Waals surface area (Å²) >= 11 is 7.13. The third-order valence-corrected chi connectivity index (χ3v) is 7.93. The van der Waals surface area contributed by atoms with E-state index >= 15 is 0 Å². The second-order valence-corrected chi connectivity index (χ2v) is 10.5. The van der Waals surface area contributed by atoms with E-state index in [2.05, 4.69) is 72.6 Å². The first-order valence-electron chi connectivity index (χ1n) is 13.8. The standard InChI is InChI=1S/C36H41ClN4/c1-9-13-24(3)28(7)41-34-17-12-14-30(27(34)6)31-15-11-16-32(36(31)37)35(39-21-10-2)23-29-18-19-33(26(29)5)40-22-20-25(4)38-8/h2,9,11-17,21,23,33,38,40-41H,1,4,7,18-20,22H2,3,5-6,8H3/b24-13+,35-23-,39-21?. The predicted molar refractivity (Wildman–Crippen MR) is 180 cm³/mol. The van der Waals surface area contributed by atoms with Crippen LogP contribution in [0.15, 0.2) is 107 Å². The SMILES string of the molecule is C#CC=N/C(=C\C1=C(C)C(NCCC(=C)NC)CC1)c1cccc(-c2cccc(NC(=C)/C(C)=C/C=C)c2C)c1Cl.